The molecule has 1 fully saturated rings. The monoisotopic (exact) mass is 204 g/mol. The van der Waals surface area contributed by atoms with Crippen molar-refractivity contribution in [2.75, 3.05) is 26.7 Å². The number of hydrogen-bond acceptors (Lipinski definition) is 2. The van der Waals surface area contributed by atoms with Crippen LogP contribution in [0.2, 0.25) is 0 Å². The molecular formula is C13H20N2. The fourth-order valence-corrected chi connectivity index (χ4v) is 2.24. The molecule has 1 heterocycles. The minimum atomic E-state index is 0.503. The molecule has 1 aromatic carbocycles. The minimum absolute atomic E-state index is 0.503. The van der Waals surface area contributed by atoms with E-state index in [9.17, 15) is 0 Å². The second-order valence-corrected chi connectivity index (χ2v) is 4.63. The molecule has 0 bridgehead atoms. The van der Waals surface area contributed by atoms with Crippen LogP contribution in [0, 0.1) is 13.8 Å². The molecule has 1 aromatic rings. The number of rotatable bonds is 1. The largest absolute Gasteiger partial charge is 0.308 e. The van der Waals surface area contributed by atoms with Gasteiger partial charge < -0.3 is 10.2 Å². The summed E-state index contributed by atoms with van der Waals surface area (Å²) in [5.74, 6) is 0. The summed E-state index contributed by atoms with van der Waals surface area (Å²) in [5.41, 5.74) is 4.21. The maximum atomic E-state index is 3.59. The third-order valence-corrected chi connectivity index (χ3v) is 3.19. The summed E-state index contributed by atoms with van der Waals surface area (Å²) in [6, 6.07) is 7.22. The fourth-order valence-electron chi connectivity index (χ4n) is 2.24. The first-order valence-corrected chi connectivity index (χ1v) is 5.66. The highest BCUT2D eigenvalue weighted by Gasteiger charge is 2.19. The fraction of sp³-hybridized carbons (Fsp3) is 0.538. The quantitative estimate of drug-likeness (QED) is 0.751. The van der Waals surface area contributed by atoms with E-state index in [4.69, 9.17) is 0 Å². The predicted octanol–water partition coefficient (Wildman–Crippen LogP) is 1.88. The van der Waals surface area contributed by atoms with Crippen molar-refractivity contribution in [3.05, 3.63) is 34.9 Å². The zero-order valence-corrected chi connectivity index (χ0v) is 9.88. The van der Waals surface area contributed by atoms with Crippen LogP contribution < -0.4 is 5.32 Å². The van der Waals surface area contributed by atoms with E-state index in [-0.39, 0.29) is 0 Å². The number of piperazine rings is 1. The van der Waals surface area contributed by atoms with Crippen LogP contribution in [0.25, 0.3) is 0 Å². The summed E-state index contributed by atoms with van der Waals surface area (Å²) in [7, 11) is 2.19. The zero-order chi connectivity index (χ0) is 10.8. The lowest BCUT2D eigenvalue weighted by molar-refractivity contribution is 0.240. The summed E-state index contributed by atoms with van der Waals surface area (Å²) in [6.45, 7) is 7.72. The van der Waals surface area contributed by atoms with E-state index in [0.717, 1.165) is 19.6 Å². The first kappa shape index (κ1) is 10.7. The molecule has 0 saturated carbocycles. The normalized spacial score (nSPS) is 23.0. The van der Waals surface area contributed by atoms with E-state index in [1.165, 1.54) is 16.7 Å². The van der Waals surface area contributed by atoms with Crippen molar-refractivity contribution in [2.24, 2.45) is 0 Å². The molecule has 2 rings (SSSR count). The van der Waals surface area contributed by atoms with Gasteiger partial charge >= 0.3 is 0 Å². The molecule has 0 amide bonds. The van der Waals surface area contributed by atoms with E-state index in [1.54, 1.807) is 0 Å². The molecule has 1 aliphatic heterocycles. The maximum Gasteiger partial charge on any atom is 0.0452 e. The topological polar surface area (TPSA) is 15.3 Å². The molecule has 0 spiro atoms. The van der Waals surface area contributed by atoms with E-state index >= 15 is 0 Å². The van der Waals surface area contributed by atoms with Gasteiger partial charge in [0.05, 0.1) is 0 Å². The van der Waals surface area contributed by atoms with E-state index in [0.29, 0.717) is 6.04 Å². The van der Waals surface area contributed by atoms with Crippen LogP contribution in [0.15, 0.2) is 18.2 Å². The van der Waals surface area contributed by atoms with Crippen LogP contribution in [-0.4, -0.2) is 31.6 Å². The number of nitrogens with zero attached hydrogens (tertiary/aromatic N) is 1. The van der Waals surface area contributed by atoms with Crippen LogP contribution in [0.5, 0.6) is 0 Å². The molecule has 1 atom stereocenters. The standard InChI is InChI=1S/C13H20N2/c1-10-4-5-11(2)12(8-10)13-9-15(3)7-6-14-13/h4-5,8,13-14H,6-7,9H2,1-3H3. The van der Waals surface area contributed by atoms with Crippen LogP contribution in [0.1, 0.15) is 22.7 Å². The molecule has 2 heteroatoms. The molecule has 0 radical (unpaired) electrons. The Bertz CT molecular complexity index is 346. The third kappa shape index (κ3) is 2.39. The van der Waals surface area contributed by atoms with Gasteiger partial charge in [0.2, 0.25) is 0 Å². The van der Waals surface area contributed by atoms with Crippen molar-refractivity contribution in [3.63, 3.8) is 0 Å². The van der Waals surface area contributed by atoms with Gasteiger partial charge in [0, 0.05) is 25.7 Å². The Morgan fingerprint density at radius 1 is 1.33 bits per heavy atom. The highest BCUT2D eigenvalue weighted by Crippen LogP contribution is 2.21. The molecule has 1 aliphatic rings. The van der Waals surface area contributed by atoms with Crippen LogP contribution in [-0.2, 0) is 0 Å². The summed E-state index contributed by atoms with van der Waals surface area (Å²) in [6.07, 6.45) is 0. The molecule has 1 N–H and O–H groups in total. The Hall–Kier alpha value is -0.860. The summed E-state index contributed by atoms with van der Waals surface area (Å²) in [4.78, 5) is 2.39. The van der Waals surface area contributed by atoms with Gasteiger partial charge in [-0.05, 0) is 32.0 Å². The van der Waals surface area contributed by atoms with Gasteiger partial charge in [-0.3, -0.25) is 0 Å². The van der Waals surface area contributed by atoms with Gasteiger partial charge in [0.25, 0.3) is 0 Å². The molecule has 2 nitrogen and oxygen atoms in total. The van der Waals surface area contributed by atoms with E-state index in [1.807, 2.05) is 0 Å². The molecule has 1 saturated heterocycles. The summed E-state index contributed by atoms with van der Waals surface area (Å²) >= 11 is 0. The number of likely N-dealkylation sites (N-methyl/N-ethyl adjacent to an activating group) is 1. The van der Waals surface area contributed by atoms with Crippen LogP contribution in [0.4, 0.5) is 0 Å². The van der Waals surface area contributed by atoms with Crippen molar-refractivity contribution in [1.82, 2.24) is 10.2 Å². The van der Waals surface area contributed by atoms with Gasteiger partial charge in [0.1, 0.15) is 0 Å². The van der Waals surface area contributed by atoms with Crippen molar-refractivity contribution >= 4 is 0 Å². The lowest BCUT2D eigenvalue weighted by Crippen LogP contribution is -2.43. The second-order valence-electron chi connectivity index (χ2n) is 4.63. The number of benzene rings is 1. The highest BCUT2D eigenvalue weighted by molar-refractivity contribution is 5.33. The second kappa shape index (κ2) is 4.33. The van der Waals surface area contributed by atoms with Gasteiger partial charge in [-0.15, -0.1) is 0 Å². The third-order valence-electron chi connectivity index (χ3n) is 3.19. The Balaban J connectivity index is 2.24. The van der Waals surface area contributed by atoms with Gasteiger partial charge in [-0.1, -0.05) is 23.8 Å². The Kier molecular flexibility index (Phi) is 3.08. The lowest BCUT2D eigenvalue weighted by Gasteiger charge is -2.32. The van der Waals surface area contributed by atoms with Gasteiger partial charge in [-0.2, -0.15) is 0 Å². The van der Waals surface area contributed by atoms with E-state index in [2.05, 4.69) is 49.3 Å². The number of nitrogens with one attached hydrogen (secondary N) is 1. The molecule has 0 aromatic heterocycles. The minimum Gasteiger partial charge on any atom is -0.308 e. The molecule has 0 aliphatic carbocycles. The van der Waals surface area contributed by atoms with Gasteiger partial charge in [0.15, 0.2) is 0 Å². The van der Waals surface area contributed by atoms with Crippen molar-refractivity contribution in [2.45, 2.75) is 19.9 Å². The number of hydrogen-bond donors (Lipinski definition) is 1. The summed E-state index contributed by atoms with van der Waals surface area (Å²) < 4.78 is 0. The van der Waals surface area contributed by atoms with Crippen molar-refractivity contribution in [1.29, 1.82) is 0 Å². The van der Waals surface area contributed by atoms with Gasteiger partial charge in [-0.25, -0.2) is 0 Å². The molecule has 82 valence electrons. The Labute approximate surface area is 92.3 Å². The molecular weight excluding hydrogens is 184 g/mol. The number of aryl methyl sites for hydroxylation is 2. The average Bonchev–Trinajstić information content (AvgIpc) is 2.22. The lowest BCUT2D eigenvalue weighted by atomic mass is 9.97. The highest BCUT2D eigenvalue weighted by atomic mass is 15.2. The predicted molar refractivity (Wildman–Crippen MR) is 64.2 cm³/mol. The first-order chi connectivity index (χ1) is 7.16. The molecule has 15 heavy (non-hydrogen) atoms. The van der Waals surface area contributed by atoms with Crippen LogP contribution >= 0.6 is 0 Å². The molecule has 1 unspecified atom stereocenters. The van der Waals surface area contributed by atoms with E-state index < -0.39 is 0 Å². The first-order valence-electron chi connectivity index (χ1n) is 5.66. The smallest absolute Gasteiger partial charge is 0.0452 e. The maximum absolute atomic E-state index is 3.59. The average molecular weight is 204 g/mol. The summed E-state index contributed by atoms with van der Waals surface area (Å²) in [5, 5.41) is 3.59. The van der Waals surface area contributed by atoms with Crippen LogP contribution in [0.3, 0.4) is 0 Å². The zero-order valence-electron chi connectivity index (χ0n) is 9.88. The van der Waals surface area contributed by atoms with Crippen molar-refractivity contribution in [3.8, 4) is 0 Å². The van der Waals surface area contributed by atoms with Crippen molar-refractivity contribution < 1.29 is 0 Å². The Morgan fingerprint density at radius 3 is 2.87 bits per heavy atom. The Morgan fingerprint density at radius 2 is 2.13 bits per heavy atom. The SMILES string of the molecule is Cc1ccc(C)c(C2CN(C)CCN2)c1.